The highest BCUT2D eigenvalue weighted by molar-refractivity contribution is 8.14. The Labute approximate surface area is 146 Å². The Morgan fingerprint density at radius 3 is 2.43 bits per heavy atom. The summed E-state index contributed by atoms with van der Waals surface area (Å²) < 4.78 is -0.307. The van der Waals surface area contributed by atoms with Gasteiger partial charge < -0.3 is 10.0 Å². The van der Waals surface area contributed by atoms with E-state index in [1.54, 1.807) is 25.1 Å². The Kier molecular flexibility index (Phi) is 5.98. The molecular weight excluding hydrogens is 334 g/mol. The van der Waals surface area contributed by atoms with Gasteiger partial charge in [0.15, 0.2) is 0 Å². The van der Waals surface area contributed by atoms with E-state index in [9.17, 15) is 9.59 Å². The molecular formula is C17H22ClNO3S. The van der Waals surface area contributed by atoms with E-state index >= 15 is 0 Å². The van der Waals surface area contributed by atoms with Crippen LogP contribution in [-0.2, 0) is 16.0 Å². The topological polar surface area (TPSA) is 57.6 Å². The molecule has 1 saturated carbocycles. The van der Waals surface area contributed by atoms with E-state index in [1.165, 1.54) is 18.2 Å². The van der Waals surface area contributed by atoms with E-state index in [0.717, 1.165) is 31.2 Å². The van der Waals surface area contributed by atoms with Crippen molar-refractivity contribution in [2.45, 2.75) is 43.3 Å². The molecule has 1 aromatic carbocycles. The van der Waals surface area contributed by atoms with Crippen LogP contribution in [0.2, 0.25) is 5.02 Å². The van der Waals surface area contributed by atoms with Crippen molar-refractivity contribution in [2.75, 3.05) is 14.1 Å². The molecule has 0 aromatic heterocycles. The van der Waals surface area contributed by atoms with E-state index in [0.29, 0.717) is 10.6 Å². The van der Waals surface area contributed by atoms with Crippen LogP contribution in [0, 0.1) is 0 Å². The van der Waals surface area contributed by atoms with Gasteiger partial charge in [-0.15, -0.1) is 0 Å². The van der Waals surface area contributed by atoms with Crippen molar-refractivity contribution in [3.8, 4) is 0 Å². The zero-order valence-electron chi connectivity index (χ0n) is 13.5. The van der Waals surface area contributed by atoms with Crippen LogP contribution in [0.1, 0.15) is 43.2 Å². The molecule has 0 aliphatic heterocycles. The Morgan fingerprint density at radius 2 is 1.91 bits per heavy atom. The summed E-state index contributed by atoms with van der Waals surface area (Å²) in [7, 11) is 3.51. The molecule has 1 N–H and O–H groups in total. The average molecular weight is 356 g/mol. The smallest absolute Gasteiger partial charge is 0.307 e. The molecule has 0 unspecified atom stereocenters. The van der Waals surface area contributed by atoms with Gasteiger partial charge in [0, 0.05) is 19.1 Å². The third-order valence-corrected chi connectivity index (χ3v) is 6.06. The number of carbonyl (C=O) groups is 2. The Morgan fingerprint density at radius 1 is 1.26 bits per heavy atom. The number of aliphatic carboxylic acids is 1. The maximum atomic E-state index is 12.3. The fourth-order valence-electron chi connectivity index (χ4n) is 3.02. The molecule has 0 saturated heterocycles. The standard InChI is InChI=1S/C17H22ClNO3S/c1-19(2)16(22)23-17(8-4-3-5-9-17)13-7-6-12(10-14(13)18)11-15(20)21/h6-7,10H,3-5,8-9,11H2,1-2H3,(H,20,21). The van der Waals surface area contributed by atoms with E-state index in [2.05, 4.69) is 0 Å². The largest absolute Gasteiger partial charge is 0.481 e. The van der Waals surface area contributed by atoms with Gasteiger partial charge in [0.05, 0.1) is 11.2 Å². The lowest BCUT2D eigenvalue weighted by atomic mass is 9.82. The molecule has 1 aliphatic carbocycles. The lowest BCUT2D eigenvalue weighted by Crippen LogP contribution is -2.30. The first-order chi connectivity index (χ1) is 10.8. The van der Waals surface area contributed by atoms with Crippen molar-refractivity contribution in [1.29, 1.82) is 0 Å². The summed E-state index contributed by atoms with van der Waals surface area (Å²) in [6.07, 6.45) is 5.09. The zero-order valence-corrected chi connectivity index (χ0v) is 15.0. The molecule has 4 nitrogen and oxygen atoms in total. The molecule has 0 heterocycles. The van der Waals surface area contributed by atoms with Crippen LogP contribution in [-0.4, -0.2) is 35.3 Å². The fraction of sp³-hybridized carbons (Fsp3) is 0.529. The molecule has 0 radical (unpaired) electrons. The van der Waals surface area contributed by atoms with Gasteiger partial charge in [-0.1, -0.05) is 54.8 Å². The molecule has 1 aromatic rings. The minimum absolute atomic E-state index is 0.0255. The molecule has 1 amide bonds. The van der Waals surface area contributed by atoms with Crippen molar-refractivity contribution in [3.05, 3.63) is 34.3 Å². The number of hydrogen-bond donors (Lipinski definition) is 1. The molecule has 0 atom stereocenters. The fourth-order valence-corrected chi connectivity index (χ4v) is 4.76. The van der Waals surface area contributed by atoms with Crippen molar-refractivity contribution in [1.82, 2.24) is 4.90 Å². The summed E-state index contributed by atoms with van der Waals surface area (Å²) in [5.74, 6) is -0.877. The first-order valence-electron chi connectivity index (χ1n) is 7.75. The highest BCUT2D eigenvalue weighted by Crippen LogP contribution is 2.51. The maximum absolute atomic E-state index is 12.3. The van der Waals surface area contributed by atoms with Gasteiger partial charge in [-0.2, -0.15) is 0 Å². The summed E-state index contributed by atoms with van der Waals surface area (Å²) >= 11 is 7.82. The lowest BCUT2D eigenvalue weighted by molar-refractivity contribution is -0.136. The molecule has 6 heteroatoms. The quantitative estimate of drug-likeness (QED) is 0.861. The second-order valence-electron chi connectivity index (χ2n) is 6.20. The molecule has 0 spiro atoms. The number of nitrogens with zero attached hydrogens (tertiary/aromatic N) is 1. The van der Waals surface area contributed by atoms with Crippen molar-refractivity contribution in [2.24, 2.45) is 0 Å². The van der Waals surface area contributed by atoms with E-state index in [1.807, 2.05) is 12.1 Å². The van der Waals surface area contributed by atoms with Crippen LogP contribution in [0.3, 0.4) is 0 Å². The third-order valence-electron chi connectivity index (χ3n) is 4.19. The third kappa shape index (κ3) is 4.42. The van der Waals surface area contributed by atoms with Crippen molar-refractivity contribution < 1.29 is 14.7 Å². The number of amides is 1. The van der Waals surface area contributed by atoms with E-state index in [4.69, 9.17) is 16.7 Å². The first kappa shape index (κ1) is 18.1. The highest BCUT2D eigenvalue weighted by Gasteiger charge is 2.39. The Hall–Kier alpha value is -1.20. The van der Waals surface area contributed by atoms with Crippen molar-refractivity contribution >= 4 is 34.6 Å². The van der Waals surface area contributed by atoms with Gasteiger partial charge in [-0.3, -0.25) is 9.59 Å². The van der Waals surface area contributed by atoms with Gasteiger partial charge in [-0.05, 0) is 30.0 Å². The van der Waals surface area contributed by atoms with Gasteiger partial charge in [0.1, 0.15) is 0 Å². The highest BCUT2D eigenvalue weighted by atomic mass is 35.5. The number of hydrogen-bond acceptors (Lipinski definition) is 3. The van der Waals surface area contributed by atoms with Gasteiger partial charge >= 0.3 is 5.97 Å². The van der Waals surface area contributed by atoms with Crippen molar-refractivity contribution in [3.63, 3.8) is 0 Å². The number of carbonyl (C=O) groups excluding carboxylic acids is 1. The average Bonchev–Trinajstić information content (AvgIpc) is 2.47. The van der Waals surface area contributed by atoms with Crippen LogP contribution < -0.4 is 0 Å². The normalized spacial score (nSPS) is 16.8. The monoisotopic (exact) mass is 355 g/mol. The zero-order chi connectivity index (χ0) is 17.0. The molecule has 1 fully saturated rings. The maximum Gasteiger partial charge on any atom is 0.307 e. The second-order valence-corrected chi connectivity index (χ2v) is 7.94. The number of rotatable bonds is 4. The SMILES string of the molecule is CN(C)C(=O)SC1(c2ccc(CC(=O)O)cc2Cl)CCCCC1. The summed E-state index contributed by atoms with van der Waals surface area (Å²) in [6.45, 7) is 0. The van der Waals surface area contributed by atoms with Gasteiger partial charge in [0.25, 0.3) is 5.24 Å². The van der Waals surface area contributed by atoms with E-state index in [-0.39, 0.29) is 16.4 Å². The number of thioether (sulfide) groups is 1. The minimum atomic E-state index is -0.877. The molecule has 23 heavy (non-hydrogen) atoms. The molecule has 2 rings (SSSR count). The first-order valence-corrected chi connectivity index (χ1v) is 8.94. The number of benzene rings is 1. The summed E-state index contributed by atoms with van der Waals surface area (Å²) in [5.41, 5.74) is 1.63. The van der Waals surface area contributed by atoms with Gasteiger partial charge in [0.2, 0.25) is 0 Å². The van der Waals surface area contributed by atoms with Crippen LogP contribution in [0.25, 0.3) is 0 Å². The Bertz CT molecular complexity index is 598. The lowest BCUT2D eigenvalue weighted by Gasteiger charge is -2.37. The number of carboxylic acid groups (broad SMARTS) is 1. The molecule has 1 aliphatic rings. The van der Waals surface area contributed by atoms with Crippen LogP contribution in [0.5, 0.6) is 0 Å². The van der Waals surface area contributed by atoms with E-state index < -0.39 is 5.97 Å². The summed E-state index contributed by atoms with van der Waals surface area (Å²) in [6, 6.07) is 5.44. The number of carboxylic acids is 1. The van der Waals surface area contributed by atoms with Crippen LogP contribution >= 0.6 is 23.4 Å². The molecule has 126 valence electrons. The van der Waals surface area contributed by atoms with Crippen LogP contribution in [0.15, 0.2) is 18.2 Å². The predicted octanol–water partition coefficient (Wildman–Crippen LogP) is 4.54. The second kappa shape index (κ2) is 7.58. The molecule has 0 bridgehead atoms. The predicted molar refractivity (Wildman–Crippen MR) is 94.2 cm³/mol. The minimum Gasteiger partial charge on any atom is -0.481 e. The summed E-state index contributed by atoms with van der Waals surface area (Å²) in [5, 5.41) is 9.49. The van der Waals surface area contributed by atoms with Crippen LogP contribution in [0.4, 0.5) is 4.79 Å². The Balaban J connectivity index is 2.35. The van der Waals surface area contributed by atoms with Gasteiger partial charge in [-0.25, -0.2) is 0 Å². The number of halogens is 1. The summed E-state index contributed by atoms with van der Waals surface area (Å²) in [4.78, 5) is 24.7.